The van der Waals surface area contributed by atoms with Crippen LogP contribution < -0.4 is 15.4 Å². The quantitative estimate of drug-likeness (QED) is 0.453. The van der Waals surface area contributed by atoms with Gasteiger partial charge in [0, 0.05) is 18.3 Å². The lowest BCUT2D eigenvalue weighted by Gasteiger charge is -2.08. The number of carbonyl (C=O) groups excluding carboxylic acids is 2. The van der Waals surface area contributed by atoms with E-state index in [2.05, 4.69) is 10.6 Å². The Balaban J connectivity index is 1.65. The summed E-state index contributed by atoms with van der Waals surface area (Å²) >= 11 is 0. The first-order valence-electron chi connectivity index (χ1n) is 9.17. The monoisotopic (exact) mass is 397 g/mol. The van der Waals surface area contributed by atoms with E-state index in [0.717, 1.165) is 0 Å². The molecule has 3 aromatic rings. The van der Waals surface area contributed by atoms with Gasteiger partial charge in [0.05, 0.1) is 0 Å². The standard InChI is InChI=1S/C24H19N3O3/c1-17(28)26-20-9-7-18(8-10-20)15-19(16-25)24(29)27-21-11-13-23(14-12-21)30-22-5-3-2-4-6-22/h2-15H,1H3,(H,26,28)(H,27,29)/b19-15-. The van der Waals surface area contributed by atoms with Crippen LogP contribution in [0.25, 0.3) is 6.08 Å². The number of nitrogens with one attached hydrogen (secondary N) is 2. The Morgan fingerprint density at radius 3 is 2.00 bits per heavy atom. The molecule has 6 heteroatoms. The number of nitrogens with zero attached hydrogens (tertiary/aromatic N) is 1. The van der Waals surface area contributed by atoms with Crippen molar-refractivity contribution in [2.24, 2.45) is 0 Å². The van der Waals surface area contributed by atoms with Crippen molar-refractivity contribution in [2.75, 3.05) is 10.6 Å². The SMILES string of the molecule is CC(=O)Nc1ccc(/C=C(/C#N)C(=O)Nc2ccc(Oc3ccccc3)cc2)cc1. The number of carbonyl (C=O) groups is 2. The number of hydrogen-bond donors (Lipinski definition) is 2. The Hall–Kier alpha value is -4.37. The van der Waals surface area contributed by atoms with Crippen LogP contribution >= 0.6 is 0 Å². The van der Waals surface area contributed by atoms with Crippen LogP contribution in [0, 0.1) is 11.3 Å². The van der Waals surface area contributed by atoms with E-state index >= 15 is 0 Å². The number of amides is 2. The molecule has 0 aromatic heterocycles. The average Bonchev–Trinajstić information content (AvgIpc) is 2.75. The molecule has 148 valence electrons. The molecule has 0 unspecified atom stereocenters. The van der Waals surface area contributed by atoms with E-state index in [0.29, 0.717) is 28.4 Å². The average molecular weight is 397 g/mol. The Morgan fingerprint density at radius 2 is 1.40 bits per heavy atom. The maximum absolute atomic E-state index is 12.4. The molecular formula is C24H19N3O3. The van der Waals surface area contributed by atoms with Crippen LogP contribution in [0.2, 0.25) is 0 Å². The second-order valence-corrected chi connectivity index (χ2v) is 6.37. The summed E-state index contributed by atoms with van der Waals surface area (Å²) in [5.41, 5.74) is 1.82. The number of anilines is 2. The van der Waals surface area contributed by atoms with Gasteiger partial charge in [-0.2, -0.15) is 5.26 Å². The summed E-state index contributed by atoms with van der Waals surface area (Å²) in [6, 6.07) is 25.0. The predicted octanol–water partition coefficient (Wildman–Crippen LogP) is 4.98. The van der Waals surface area contributed by atoms with Gasteiger partial charge in [0.2, 0.25) is 5.91 Å². The highest BCUT2D eigenvalue weighted by Gasteiger charge is 2.10. The molecule has 0 heterocycles. The van der Waals surface area contributed by atoms with Gasteiger partial charge < -0.3 is 15.4 Å². The molecule has 0 saturated heterocycles. The smallest absolute Gasteiger partial charge is 0.266 e. The third kappa shape index (κ3) is 5.81. The molecule has 30 heavy (non-hydrogen) atoms. The molecule has 2 N–H and O–H groups in total. The van der Waals surface area contributed by atoms with Gasteiger partial charge in [-0.25, -0.2) is 0 Å². The number of nitriles is 1. The molecule has 0 saturated carbocycles. The van der Waals surface area contributed by atoms with E-state index in [4.69, 9.17) is 4.74 Å². The van der Waals surface area contributed by atoms with Gasteiger partial charge in [0.1, 0.15) is 23.1 Å². The number of rotatable bonds is 6. The first-order chi connectivity index (χ1) is 14.5. The van der Waals surface area contributed by atoms with Crippen LogP contribution in [0.15, 0.2) is 84.4 Å². The molecule has 0 radical (unpaired) electrons. The Morgan fingerprint density at radius 1 is 0.833 bits per heavy atom. The molecule has 3 rings (SSSR count). The van der Waals surface area contributed by atoms with Crippen LogP contribution in [0.5, 0.6) is 11.5 Å². The van der Waals surface area contributed by atoms with E-state index in [1.165, 1.54) is 13.0 Å². The zero-order valence-electron chi connectivity index (χ0n) is 16.3. The highest BCUT2D eigenvalue weighted by atomic mass is 16.5. The largest absolute Gasteiger partial charge is 0.457 e. The molecule has 0 aliphatic rings. The molecule has 0 aliphatic heterocycles. The van der Waals surface area contributed by atoms with Crippen molar-refractivity contribution in [3.05, 3.63) is 90.0 Å². The van der Waals surface area contributed by atoms with Crippen molar-refractivity contribution in [3.63, 3.8) is 0 Å². The van der Waals surface area contributed by atoms with Gasteiger partial charge in [-0.3, -0.25) is 9.59 Å². The minimum atomic E-state index is -0.514. The van der Waals surface area contributed by atoms with E-state index in [1.807, 2.05) is 36.4 Å². The fourth-order valence-corrected chi connectivity index (χ4v) is 2.61. The summed E-state index contributed by atoms with van der Waals surface area (Å²) in [5, 5.41) is 14.7. The summed E-state index contributed by atoms with van der Waals surface area (Å²) in [6.45, 7) is 1.42. The normalized spacial score (nSPS) is 10.6. The van der Waals surface area contributed by atoms with Crippen molar-refractivity contribution in [1.82, 2.24) is 0 Å². The van der Waals surface area contributed by atoms with Crippen molar-refractivity contribution in [1.29, 1.82) is 5.26 Å². The van der Waals surface area contributed by atoms with Crippen molar-refractivity contribution >= 4 is 29.3 Å². The number of hydrogen-bond acceptors (Lipinski definition) is 4. The summed E-state index contributed by atoms with van der Waals surface area (Å²) < 4.78 is 5.72. The molecule has 2 amide bonds. The van der Waals surface area contributed by atoms with Gasteiger partial charge in [-0.05, 0) is 60.2 Å². The minimum Gasteiger partial charge on any atom is -0.457 e. The Labute approximate surface area is 174 Å². The van der Waals surface area contributed by atoms with Crippen LogP contribution in [-0.2, 0) is 9.59 Å². The highest BCUT2D eigenvalue weighted by Crippen LogP contribution is 2.23. The van der Waals surface area contributed by atoms with Gasteiger partial charge in [-0.1, -0.05) is 30.3 Å². The maximum atomic E-state index is 12.4. The summed E-state index contributed by atoms with van der Waals surface area (Å²) in [5.74, 6) is 0.666. The van der Waals surface area contributed by atoms with Gasteiger partial charge >= 0.3 is 0 Å². The zero-order chi connectivity index (χ0) is 21.3. The first-order valence-corrected chi connectivity index (χ1v) is 9.17. The molecule has 3 aromatic carbocycles. The second kappa shape index (κ2) is 9.71. The second-order valence-electron chi connectivity index (χ2n) is 6.37. The third-order valence-corrected chi connectivity index (χ3v) is 4.00. The predicted molar refractivity (Wildman–Crippen MR) is 116 cm³/mol. The van der Waals surface area contributed by atoms with Crippen LogP contribution in [0.3, 0.4) is 0 Å². The summed E-state index contributed by atoms with van der Waals surface area (Å²) in [4.78, 5) is 23.5. The van der Waals surface area contributed by atoms with Gasteiger partial charge in [-0.15, -0.1) is 0 Å². The molecule has 6 nitrogen and oxygen atoms in total. The third-order valence-electron chi connectivity index (χ3n) is 4.00. The fraction of sp³-hybridized carbons (Fsp3) is 0.0417. The molecule has 0 atom stereocenters. The van der Waals surface area contributed by atoms with E-state index in [-0.39, 0.29) is 11.5 Å². The number of ether oxygens (including phenoxy) is 1. The van der Waals surface area contributed by atoms with E-state index in [1.54, 1.807) is 48.5 Å². The van der Waals surface area contributed by atoms with E-state index in [9.17, 15) is 14.9 Å². The first kappa shape index (κ1) is 20.4. The van der Waals surface area contributed by atoms with Gasteiger partial charge in [0.15, 0.2) is 0 Å². The van der Waals surface area contributed by atoms with Crippen LogP contribution in [-0.4, -0.2) is 11.8 Å². The van der Waals surface area contributed by atoms with Crippen molar-refractivity contribution in [2.45, 2.75) is 6.92 Å². The number of benzene rings is 3. The zero-order valence-corrected chi connectivity index (χ0v) is 16.3. The lowest BCUT2D eigenvalue weighted by Crippen LogP contribution is -2.13. The molecule has 0 spiro atoms. The maximum Gasteiger partial charge on any atom is 0.266 e. The lowest BCUT2D eigenvalue weighted by molar-refractivity contribution is -0.114. The Bertz CT molecular complexity index is 1100. The van der Waals surface area contributed by atoms with Crippen molar-refractivity contribution in [3.8, 4) is 17.6 Å². The lowest BCUT2D eigenvalue weighted by atomic mass is 10.1. The van der Waals surface area contributed by atoms with Crippen LogP contribution in [0.1, 0.15) is 12.5 Å². The van der Waals surface area contributed by atoms with Crippen LogP contribution in [0.4, 0.5) is 11.4 Å². The molecule has 0 aliphatic carbocycles. The molecule has 0 fully saturated rings. The number of para-hydroxylation sites is 1. The summed E-state index contributed by atoms with van der Waals surface area (Å²) in [7, 11) is 0. The van der Waals surface area contributed by atoms with Gasteiger partial charge in [0.25, 0.3) is 5.91 Å². The van der Waals surface area contributed by atoms with E-state index < -0.39 is 5.91 Å². The highest BCUT2D eigenvalue weighted by molar-refractivity contribution is 6.09. The summed E-state index contributed by atoms with van der Waals surface area (Å²) in [6.07, 6.45) is 1.49. The topological polar surface area (TPSA) is 91.2 Å². The molecular weight excluding hydrogens is 378 g/mol. The Kier molecular flexibility index (Phi) is 6.59. The van der Waals surface area contributed by atoms with Crippen molar-refractivity contribution < 1.29 is 14.3 Å². The minimum absolute atomic E-state index is 0.0353. The fourth-order valence-electron chi connectivity index (χ4n) is 2.61. The molecule has 0 bridgehead atoms.